The average molecular weight is 342 g/mol. The van der Waals surface area contributed by atoms with Crippen LogP contribution < -0.4 is 10.6 Å². The molecule has 1 aliphatic carbocycles. The van der Waals surface area contributed by atoms with E-state index in [1.54, 1.807) is 35.6 Å². The van der Waals surface area contributed by atoms with E-state index in [0.717, 1.165) is 12.8 Å². The van der Waals surface area contributed by atoms with Gasteiger partial charge in [0.1, 0.15) is 0 Å². The van der Waals surface area contributed by atoms with Crippen LogP contribution in [-0.2, 0) is 10.2 Å². The van der Waals surface area contributed by atoms with Gasteiger partial charge < -0.3 is 10.6 Å². The van der Waals surface area contributed by atoms with E-state index in [0.29, 0.717) is 12.1 Å². The molecule has 24 heavy (non-hydrogen) atoms. The molecule has 0 aliphatic heterocycles. The zero-order valence-electron chi connectivity index (χ0n) is 13.6. The van der Waals surface area contributed by atoms with Gasteiger partial charge in [0, 0.05) is 22.4 Å². The summed E-state index contributed by atoms with van der Waals surface area (Å²) in [6, 6.07) is 13.2. The van der Waals surface area contributed by atoms with E-state index in [1.807, 2.05) is 6.07 Å². The van der Waals surface area contributed by atoms with Crippen LogP contribution in [0.2, 0.25) is 0 Å². The summed E-state index contributed by atoms with van der Waals surface area (Å²) < 4.78 is 0. The van der Waals surface area contributed by atoms with Crippen molar-refractivity contribution in [1.29, 1.82) is 0 Å². The van der Waals surface area contributed by atoms with Crippen molar-refractivity contribution in [2.24, 2.45) is 0 Å². The normalized spacial score (nSPS) is 15.8. The fraction of sp³-hybridized carbons (Fsp3) is 0.368. The highest BCUT2D eigenvalue weighted by Gasteiger charge is 2.36. The number of nitrogens with one attached hydrogen (secondary N) is 2. The number of carbonyl (C=O) groups excluding carboxylic acids is 2. The van der Waals surface area contributed by atoms with Crippen LogP contribution in [0.3, 0.4) is 0 Å². The SMILES string of the molecule is O=C(CNC(=O)c1ccccc1)NCC1(c2cccs2)CCCC1. The van der Waals surface area contributed by atoms with E-state index >= 15 is 0 Å². The number of rotatable bonds is 6. The zero-order valence-corrected chi connectivity index (χ0v) is 14.4. The van der Waals surface area contributed by atoms with Crippen LogP contribution in [0, 0.1) is 0 Å². The largest absolute Gasteiger partial charge is 0.354 e. The number of amides is 2. The second-order valence-electron chi connectivity index (χ2n) is 6.29. The van der Waals surface area contributed by atoms with Crippen LogP contribution in [0.4, 0.5) is 0 Å². The van der Waals surface area contributed by atoms with E-state index in [9.17, 15) is 9.59 Å². The van der Waals surface area contributed by atoms with Gasteiger partial charge in [0.05, 0.1) is 6.54 Å². The maximum absolute atomic E-state index is 12.1. The molecule has 0 saturated heterocycles. The minimum absolute atomic E-state index is 0.00818. The lowest BCUT2D eigenvalue weighted by Crippen LogP contribution is -2.43. The maximum atomic E-state index is 12.1. The highest BCUT2D eigenvalue weighted by molar-refractivity contribution is 7.10. The smallest absolute Gasteiger partial charge is 0.251 e. The van der Waals surface area contributed by atoms with Gasteiger partial charge in [0.25, 0.3) is 5.91 Å². The molecule has 2 amide bonds. The summed E-state index contributed by atoms with van der Waals surface area (Å²) in [4.78, 5) is 25.5. The molecule has 0 unspecified atom stereocenters. The molecular weight excluding hydrogens is 320 g/mol. The van der Waals surface area contributed by atoms with Gasteiger partial charge in [-0.2, -0.15) is 0 Å². The first-order chi connectivity index (χ1) is 11.7. The Morgan fingerprint density at radius 3 is 2.42 bits per heavy atom. The van der Waals surface area contributed by atoms with Crippen molar-refractivity contribution in [2.45, 2.75) is 31.1 Å². The topological polar surface area (TPSA) is 58.2 Å². The summed E-state index contributed by atoms with van der Waals surface area (Å²) in [6.45, 7) is 0.655. The predicted octanol–water partition coefficient (Wildman–Crippen LogP) is 3.11. The Bertz CT molecular complexity index is 677. The molecule has 0 radical (unpaired) electrons. The monoisotopic (exact) mass is 342 g/mol. The number of benzene rings is 1. The molecule has 5 heteroatoms. The summed E-state index contributed by atoms with van der Waals surface area (Å²) >= 11 is 1.77. The van der Waals surface area contributed by atoms with Gasteiger partial charge in [-0.15, -0.1) is 11.3 Å². The van der Waals surface area contributed by atoms with Gasteiger partial charge in [0.2, 0.25) is 5.91 Å². The lowest BCUT2D eigenvalue weighted by molar-refractivity contribution is -0.120. The molecule has 1 saturated carbocycles. The van der Waals surface area contributed by atoms with E-state index < -0.39 is 0 Å². The number of thiophene rings is 1. The Morgan fingerprint density at radius 2 is 1.75 bits per heavy atom. The van der Waals surface area contributed by atoms with Crippen molar-refractivity contribution in [3.8, 4) is 0 Å². The number of hydrogen-bond acceptors (Lipinski definition) is 3. The van der Waals surface area contributed by atoms with Gasteiger partial charge in [0.15, 0.2) is 0 Å². The lowest BCUT2D eigenvalue weighted by atomic mass is 9.84. The van der Waals surface area contributed by atoms with Crippen LogP contribution in [0.15, 0.2) is 47.8 Å². The molecule has 3 rings (SSSR count). The summed E-state index contributed by atoms with van der Waals surface area (Å²) in [5.41, 5.74) is 0.643. The van der Waals surface area contributed by atoms with Crippen LogP contribution in [0.1, 0.15) is 40.9 Å². The molecule has 1 heterocycles. The standard InChI is InChI=1S/C19H22N2O2S/c22-17(13-20-18(23)15-7-2-1-3-8-15)21-14-19(10-4-5-11-19)16-9-6-12-24-16/h1-3,6-9,12H,4-5,10-11,13-14H2,(H,20,23)(H,21,22). The molecule has 1 aromatic carbocycles. The van der Waals surface area contributed by atoms with Crippen molar-refractivity contribution >= 4 is 23.2 Å². The second-order valence-corrected chi connectivity index (χ2v) is 7.24. The number of hydrogen-bond donors (Lipinski definition) is 2. The van der Waals surface area contributed by atoms with Crippen molar-refractivity contribution in [1.82, 2.24) is 10.6 Å². The maximum Gasteiger partial charge on any atom is 0.251 e. The lowest BCUT2D eigenvalue weighted by Gasteiger charge is -2.28. The van der Waals surface area contributed by atoms with Gasteiger partial charge in [-0.05, 0) is 36.4 Å². The second kappa shape index (κ2) is 7.62. The first-order valence-electron chi connectivity index (χ1n) is 8.34. The highest BCUT2D eigenvalue weighted by atomic mass is 32.1. The minimum Gasteiger partial charge on any atom is -0.354 e. The molecule has 2 N–H and O–H groups in total. The van der Waals surface area contributed by atoms with Gasteiger partial charge >= 0.3 is 0 Å². The molecule has 2 aromatic rings. The third-order valence-corrected chi connectivity index (χ3v) is 5.79. The summed E-state index contributed by atoms with van der Waals surface area (Å²) in [7, 11) is 0. The molecule has 1 aliphatic rings. The molecule has 4 nitrogen and oxygen atoms in total. The third kappa shape index (κ3) is 3.85. The van der Waals surface area contributed by atoms with E-state index in [-0.39, 0.29) is 23.8 Å². The van der Waals surface area contributed by atoms with E-state index in [1.165, 1.54) is 17.7 Å². The van der Waals surface area contributed by atoms with Gasteiger partial charge in [-0.1, -0.05) is 37.1 Å². The zero-order chi connectivity index (χ0) is 16.8. The Balaban J connectivity index is 1.51. The molecule has 0 atom stereocenters. The first-order valence-corrected chi connectivity index (χ1v) is 9.22. The first kappa shape index (κ1) is 16.7. The van der Waals surface area contributed by atoms with Crippen molar-refractivity contribution in [3.63, 3.8) is 0 Å². The van der Waals surface area contributed by atoms with Crippen LogP contribution in [-0.4, -0.2) is 24.9 Å². The fourth-order valence-corrected chi connectivity index (χ4v) is 4.31. The fourth-order valence-electron chi connectivity index (χ4n) is 3.32. The molecule has 126 valence electrons. The van der Waals surface area contributed by atoms with Crippen LogP contribution in [0.5, 0.6) is 0 Å². The Kier molecular flexibility index (Phi) is 5.30. The average Bonchev–Trinajstić information content (AvgIpc) is 3.30. The molecule has 1 aromatic heterocycles. The Morgan fingerprint density at radius 1 is 1.00 bits per heavy atom. The number of carbonyl (C=O) groups is 2. The van der Waals surface area contributed by atoms with E-state index in [2.05, 4.69) is 28.1 Å². The predicted molar refractivity (Wildman–Crippen MR) is 96.2 cm³/mol. The Hall–Kier alpha value is -2.14. The Labute approximate surface area is 146 Å². The van der Waals surface area contributed by atoms with E-state index in [4.69, 9.17) is 0 Å². The summed E-state index contributed by atoms with van der Waals surface area (Å²) in [5, 5.41) is 7.78. The molecule has 1 fully saturated rings. The quantitative estimate of drug-likeness (QED) is 0.847. The third-order valence-electron chi connectivity index (χ3n) is 4.67. The molecule has 0 spiro atoms. The van der Waals surface area contributed by atoms with Gasteiger partial charge in [-0.25, -0.2) is 0 Å². The van der Waals surface area contributed by atoms with Crippen LogP contribution in [0.25, 0.3) is 0 Å². The van der Waals surface area contributed by atoms with Crippen molar-refractivity contribution in [2.75, 3.05) is 13.1 Å². The minimum atomic E-state index is -0.223. The molecule has 0 bridgehead atoms. The van der Waals surface area contributed by atoms with Crippen molar-refractivity contribution < 1.29 is 9.59 Å². The molecular formula is C19H22N2O2S. The summed E-state index contributed by atoms with van der Waals surface area (Å²) in [6.07, 6.45) is 4.64. The summed E-state index contributed by atoms with van der Waals surface area (Å²) in [5.74, 6) is -0.360. The van der Waals surface area contributed by atoms with Crippen molar-refractivity contribution in [3.05, 3.63) is 58.3 Å². The highest BCUT2D eigenvalue weighted by Crippen LogP contribution is 2.42. The van der Waals surface area contributed by atoms with Gasteiger partial charge in [-0.3, -0.25) is 9.59 Å². The van der Waals surface area contributed by atoms with Crippen LogP contribution >= 0.6 is 11.3 Å².